The number of halogens is 3. The lowest BCUT2D eigenvalue weighted by molar-refractivity contribution is 0.616. The highest BCUT2D eigenvalue weighted by Gasteiger charge is 2.03. The predicted octanol–water partition coefficient (Wildman–Crippen LogP) is 3.79. The summed E-state index contributed by atoms with van der Waals surface area (Å²) in [5.41, 5.74) is 0.720. The van der Waals surface area contributed by atoms with Gasteiger partial charge in [-0.2, -0.15) is 0 Å². The Balaban J connectivity index is 2.81. The number of nitrogens with zero attached hydrogens (tertiary/aromatic N) is 1. The molecule has 0 aliphatic rings. The number of rotatable bonds is 0. The maximum Gasteiger partial charge on any atom is 0.156 e. The first-order valence-electron chi connectivity index (χ1n) is 3.58. The minimum Gasteiger partial charge on any atom is -0.238 e. The molecule has 0 amide bonds. The predicted molar refractivity (Wildman–Crippen MR) is 54.4 cm³/mol. The van der Waals surface area contributed by atoms with E-state index in [1.807, 2.05) is 0 Å². The molecule has 0 radical (unpaired) electrons. The fraction of sp³-hybridized carbons (Fsp3) is 0. The van der Waals surface area contributed by atoms with Gasteiger partial charge in [-0.05, 0) is 40.2 Å². The zero-order valence-electron chi connectivity index (χ0n) is 6.39. The van der Waals surface area contributed by atoms with E-state index in [1.54, 1.807) is 18.2 Å². The molecule has 4 heteroatoms. The Morgan fingerprint density at radius 1 is 1.31 bits per heavy atom. The molecule has 0 aliphatic carbocycles. The van der Waals surface area contributed by atoms with E-state index < -0.39 is 0 Å². The number of hydrogen-bond donors (Lipinski definition) is 0. The van der Waals surface area contributed by atoms with Gasteiger partial charge in [-0.3, -0.25) is 0 Å². The number of fused-ring (bicyclic) bond motifs is 1. The highest BCUT2D eigenvalue weighted by Crippen LogP contribution is 2.22. The molecule has 1 aromatic carbocycles. The Morgan fingerprint density at radius 2 is 2.08 bits per heavy atom. The fourth-order valence-electron chi connectivity index (χ4n) is 1.10. The maximum absolute atomic E-state index is 13.0. The second-order valence-corrected chi connectivity index (χ2v) is 3.79. The quantitative estimate of drug-likeness (QED) is 0.657. The SMILES string of the molecule is Fc1cc2cc(Cl)ccc2nc1Br. The number of hydrogen-bond acceptors (Lipinski definition) is 1. The molecule has 2 rings (SSSR count). The molecule has 0 unspecified atom stereocenters. The fourth-order valence-corrected chi connectivity index (χ4v) is 1.58. The van der Waals surface area contributed by atoms with Crippen LogP contribution in [0.4, 0.5) is 4.39 Å². The molecule has 0 atom stereocenters. The summed E-state index contributed by atoms with van der Waals surface area (Å²) in [7, 11) is 0. The summed E-state index contributed by atoms with van der Waals surface area (Å²) < 4.78 is 13.3. The summed E-state index contributed by atoms with van der Waals surface area (Å²) in [4.78, 5) is 4.00. The van der Waals surface area contributed by atoms with Gasteiger partial charge < -0.3 is 0 Å². The van der Waals surface area contributed by atoms with E-state index >= 15 is 0 Å². The van der Waals surface area contributed by atoms with Gasteiger partial charge in [0, 0.05) is 10.4 Å². The van der Waals surface area contributed by atoms with E-state index in [2.05, 4.69) is 20.9 Å². The van der Waals surface area contributed by atoms with Crippen LogP contribution in [0.1, 0.15) is 0 Å². The zero-order chi connectivity index (χ0) is 9.42. The van der Waals surface area contributed by atoms with E-state index in [-0.39, 0.29) is 10.4 Å². The molecule has 2 aromatic rings. The highest BCUT2D eigenvalue weighted by molar-refractivity contribution is 9.10. The van der Waals surface area contributed by atoms with Gasteiger partial charge in [0.25, 0.3) is 0 Å². The second kappa shape index (κ2) is 3.24. The lowest BCUT2D eigenvalue weighted by Gasteiger charge is -1.99. The van der Waals surface area contributed by atoms with Crippen LogP contribution in [-0.4, -0.2) is 4.98 Å². The molecular weight excluding hydrogens is 256 g/mol. The van der Waals surface area contributed by atoms with E-state index in [9.17, 15) is 4.39 Å². The van der Waals surface area contributed by atoms with Crippen LogP contribution >= 0.6 is 27.5 Å². The van der Waals surface area contributed by atoms with Crippen LogP contribution in [0.3, 0.4) is 0 Å². The summed E-state index contributed by atoms with van der Waals surface area (Å²) in [5.74, 6) is -0.380. The van der Waals surface area contributed by atoms with Crippen LogP contribution < -0.4 is 0 Å². The van der Waals surface area contributed by atoms with Crippen molar-refractivity contribution < 1.29 is 4.39 Å². The van der Waals surface area contributed by atoms with Crippen LogP contribution in [-0.2, 0) is 0 Å². The monoisotopic (exact) mass is 259 g/mol. The van der Waals surface area contributed by atoms with Crippen LogP contribution in [0.15, 0.2) is 28.9 Å². The van der Waals surface area contributed by atoms with Crippen LogP contribution in [0.25, 0.3) is 10.9 Å². The van der Waals surface area contributed by atoms with Gasteiger partial charge in [0.2, 0.25) is 0 Å². The van der Waals surface area contributed by atoms with Crippen LogP contribution in [0.2, 0.25) is 5.02 Å². The zero-order valence-corrected chi connectivity index (χ0v) is 8.73. The normalized spacial score (nSPS) is 10.7. The summed E-state index contributed by atoms with van der Waals surface area (Å²) >= 11 is 8.76. The lowest BCUT2D eigenvalue weighted by Crippen LogP contribution is -1.84. The van der Waals surface area contributed by atoms with Gasteiger partial charge in [-0.15, -0.1) is 0 Å². The molecule has 0 saturated carbocycles. The van der Waals surface area contributed by atoms with Crippen molar-refractivity contribution in [2.45, 2.75) is 0 Å². The van der Waals surface area contributed by atoms with Crippen molar-refractivity contribution in [3.8, 4) is 0 Å². The van der Waals surface area contributed by atoms with Crippen molar-refractivity contribution in [2.75, 3.05) is 0 Å². The molecule has 66 valence electrons. The summed E-state index contributed by atoms with van der Waals surface area (Å²) in [6, 6.07) is 6.56. The number of pyridine rings is 1. The molecule has 0 N–H and O–H groups in total. The van der Waals surface area contributed by atoms with Gasteiger partial charge in [0.1, 0.15) is 4.60 Å². The standard InChI is InChI=1S/C9H4BrClFN/c10-9-7(12)4-5-3-6(11)1-2-8(5)13-9/h1-4H. The largest absolute Gasteiger partial charge is 0.238 e. The average molecular weight is 260 g/mol. The topological polar surface area (TPSA) is 12.9 Å². The number of aromatic nitrogens is 1. The number of benzene rings is 1. The summed E-state index contributed by atoms with van der Waals surface area (Å²) in [6.45, 7) is 0. The van der Waals surface area contributed by atoms with Crippen molar-refractivity contribution in [1.29, 1.82) is 0 Å². The van der Waals surface area contributed by atoms with E-state index in [0.29, 0.717) is 10.4 Å². The van der Waals surface area contributed by atoms with E-state index in [0.717, 1.165) is 5.52 Å². The van der Waals surface area contributed by atoms with Gasteiger partial charge in [-0.25, -0.2) is 9.37 Å². The van der Waals surface area contributed by atoms with E-state index in [1.165, 1.54) is 6.07 Å². The smallest absolute Gasteiger partial charge is 0.156 e. The van der Waals surface area contributed by atoms with Crippen LogP contribution in [0.5, 0.6) is 0 Å². The first-order valence-corrected chi connectivity index (χ1v) is 4.75. The minimum absolute atomic E-state index is 0.224. The van der Waals surface area contributed by atoms with Crippen molar-refractivity contribution in [3.63, 3.8) is 0 Å². The van der Waals surface area contributed by atoms with Crippen molar-refractivity contribution in [1.82, 2.24) is 4.98 Å². The summed E-state index contributed by atoms with van der Waals surface area (Å²) in [5, 5.41) is 1.28. The molecule has 1 heterocycles. The molecular formula is C9H4BrClFN. The van der Waals surface area contributed by atoms with Crippen molar-refractivity contribution in [2.24, 2.45) is 0 Å². The van der Waals surface area contributed by atoms with Gasteiger partial charge in [-0.1, -0.05) is 11.6 Å². The molecule has 0 saturated heterocycles. The lowest BCUT2D eigenvalue weighted by atomic mass is 10.2. The molecule has 0 fully saturated rings. The second-order valence-electron chi connectivity index (χ2n) is 2.60. The maximum atomic E-state index is 13.0. The summed E-state index contributed by atoms with van der Waals surface area (Å²) in [6.07, 6.45) is 0. The van der Waals surface area contributed by atoms with Crippen LogP contribution in [0, 0.1) is 5.82 Å². The third kappa shape index (κ3) is 1.67. The molecule has 13 heavy (non-hydrogen) atoms. The Kier molecular flexibility index (Phi) is 2.22. The van der Waals surface area contributed by atoms with Gasteiger partial charge >= 0.3 is 0 Å². The van der Waals surface area contributed by atoms with Gasteiger partial charge in [0.15, 0.2) is 5.82 Å². The Labute approximate surface area is 87.7 Å². The average Bonchev–Trinajstić information content (AvgIpc) is 2.08. The molecule has 0 bridgehead atoms. The molecule has 1 aromatic heterocycles. The van der Waals surface area contributed by atoms with Crippen molar-refractivity contribution >= 4 is 38.4 Å². The first-order chi connectivity index (χ1) is 6.16. The minimum atomic E-state index is -0.380. The Hall–Kier alpha value is -0.670. The molecule has 0 aliphatic heterocycles. The van der Waals surface area contributed by atoms with Gasteiger partial charge in [0.05, 0.1) is 5.52 Å². The third-order valence-corrected chi connectivity index (χ3v) is 2.48. The third-order valence-electron chi connectivity index (χ3n) is 1.69. The van der Waals surface area contributed by atoms with E-state index in [4.69, 9.17) is 11.6 Å². The Bertz CT molecular complexity index is 472. The molecule has 0 spiro atoms. The Morgan fingerprint density at radius 3 is 2.85 bits per heavy atom. The van der Waals surface area contributed by atoms with Crippen molar-refractivity contribution in [3.05, 3.63) is 39.7 Å². The molecule has 1 nitrogen and oxygen atoms in total. The first kappa shape index (κ1) is 8.91. The highest BCUT2D eigenvalue weighted by atomic mass is 79.9.